The molecule has 0 spiro atoms. The molecule has 0 heterocycles. The summed E-state index contributed by atoms with van der Waals surface area (Å²) in [5, 5.41) is 6.69. The highest BCUT2D eigenvalue weighted by atomic mass is 16.5. The van der Waals surface area contributed by atoms with Crippen LogP contribution in [-0.4, -0.2) is 59.2 Å². The monoisotopic (exact) mass is 339 g/mol. The molecule has 24 heavy (non-hydrogen) atoms. The van der Waals surface area contributed by atoms with Crippen molar-refractivity contribution in [3.8, 4) is 5.75 Å². The van der Waals surface area contributed by atoms with Crippen LogP contribution >= 0.6 is 0 Å². The van der Waals surface area contributed by atoms with E-state index in [0.717, 1.165) is 31.1 Å². The fourth-order valence-electron chi connectivity index (χ4n) is 2.04. The maximum Gasteiger partial charge on any atom is 0.121 e. The summed E-state index contributed by atoms with van der Waals surface area (Å²) in [5.41, 5.74) is 6.37. The van der Waals surface area contributed by atoms with E-state index < -0.39 is 0 Å². The van der Waals surface area contributed by atoms with Crippen molar-refractivity contribution < 1.29 is 14.2 Å². The molecule has 1 aromatic carbocycles. The van der Waals surface area contributed by atoms with E-state index in [1.807, 2.05) is 24.3 Å². The minimum Gasteiger partial charge on any atom is -0.492 e. The molecule has 0 aliphatic carbocycles. The molecule has 0 aromatic heterocycles. The zero-order valence-corrected chi connectivity index (χ0v) is 14.9. The molecule has 0 bridgehead atoms. The van der Waals surface area contributed by atoms with Crippen LogP contribution in [0.5, 0.6) is 5.75 Å². The number of benzene rings is 1. The fraction of sp³-hybridized carbons (Fsp3) is 0.667. The van der Waals surface area contributed by atoms with Gasteiger partial charge in [0.05, 0.1) is 26.4 Å². The van der Waals surface area contributed by atoms with E-state index in [-0.39, 0.29) is 0 Å². The van der Waals surface area contributed by atoms with Crippen molar-refractivity contribution in [2.24, 2.45) is 5.73 Å². The maximum atomic E-state index is 5.75. The number of hydrogen-bond donors (Lipinski definition) is 3. The lowest BCUT2D eigenvalue weighted by atomic mass is 10.3. The molecular weight excluding hydrogens is 306 g/mol. The van der Waals surface area contributed by atoms with Gasteiger partial charge in [-0.05, 0) is 25.1 Å². The lowest BCUT2D eigenvalue weighted by Gasteiger charge is -2.11. The van der Waals surface area contributed by atoms with Crippen molar-refractivity contribution >= 4 is 5.69 Å². The summed E-state index contributed by atoms with van der Waals surface area (Å²) in [6.07, 6.45) is 2.42. The summed E-state index contributed by atoms with van der Waals surface area (Å²) in [6.45, 7) is 8.50. The molecule has 0 saturated carbocycles. The Morgan fingerprint density at radius 3 is 2.58 bits per heavy atom. The second-order valence-corrected chi connectivity index (χ2v) is 5.42. The zero-order valence-electron chi connectivity index (χ0n) is 14.9. The van der Waals surface area contributed by atoms with Crippen molar-refractivity contribution in [3.63, 3.8) is 0 Å². The average molecular weight is 339 g/mol. The van der Waals surface area contributed by atoms with Gasteiger partial charge in [-0.3, -0.25) is 0 Å². The Morgan fingerprint density at radius 1 is 0.958 bits per heavy atom. The van der Waals surface area contributed by atoms with Gasteiger partial charge in [0.25, 0.3) is 0 Å². The lowest BCUT2D eigenvalue weighted by Crippen LogP contribution is -2.22. The third-order valence-electron chi connectivity index (χ3n) is 3.30. The Kier molecular flexibility index (Phi) is 13.1. The second-order valence-electron chi connectivity index (χ2n) is 5.42. The Morgan fingerprint density at radius 2 is 1.79 bits per heavy atom. The quantitative estimate of drug-likeness (QED) is 0.399. The number of nitrogens with two attached hydrogens (primary N) is 1. The van der Waals surface area contributed by atoms with Crippen LogP contribution in [0.4, 0.5) is 5.69 Å². The first kappa shape index (κ1) is 20.7. The van der Waals surface area contributed by atoms with Gasteiger partial charge in [-0.15, -0.1) is 0 Å². The first-order chi connectivity index (χ1) is 11.9. The number of rotatable bonds is 16. The molecular formula is C18H33N3O3. The van der Waals surface area contributed by atoms with Gasteiger partial charge < -0.3 is 30.6 Å². The summed E-state index contributed by atoms with van der Waals surface area (Å²) < 4.78 is 16.5. The van der Waals surface area contributed by atoms with Gasteiger partial charge in [0.2, 0.25) is 0 Å². The number of ether oxygens (including phenoxy) is 3. The van der Waals surface area contributed by atoms with Gasteiger partial charge in [-0.1, -0.05) is 19.4 Å². The van der Waals surface area contributed by atoms with Crippen LogP contribution in [0.25, 0.3) is 0 Å². The molecule has 6 heteroatoms. The van der Waals surface area contributed by atoms with Crippen LogP contribution in [0.2, 0.25) is 0 Å². The van der Waals surface area contributed by atoms with E-state index >= 15 is 0 Å². The van der Waals surface area contributed by atoms with Gasteiger partial charge in [0.1, 0.15) is 12.4 Å². The van der Waals surface area contributed by atoms with Crippen LogP contribution in [0.3, 0.4) is 0 Å². The Balaban J connectivity index is 2.07. The number of unbranched alkanes of at least 4 members (excludes halogenated alkanes) is 1. The third-order valence-corrected chi connectivity index (χ3v) is 3.30. The van der Waals surface area contributed by atoms with Gasteiger partial charge >= 0.3 is 0 Å². The van der Waals surface area contributed by atoms with Gasteiger partial charge in [-0.2, -0.15) is 0 Å². The molecule has 0 radical (unpaired) electrons. The third kappa shape index (κ3) is 11.2. The van der Waals surface area contributed by atoms with Crippen LogP contribution in [0.15, 0.2) is 24.3 Å². The Labute approximate surface area is 146 Å². The van der Waals surface area contributed by atoms with Gasteiger partial charge in [0.15, 0.2) is 0 Å². The predicted octanol–water partition coefficient (Wildman–Crippen LogP) is 1.86. The van der Waals surface area contributed by atoms with Crippen molar-refractivity contribution in [1.82, 2.24) is 5.32 Å². The molecule has 0 aliphatic rings. The molecule has 0 atom stereocenters. The smallest absolute Gasteiger partial charge is 0.121 e. The van der Waals surface area contributed by atoms with Gasteiger partial charge in [-0.25, -0.2) is 0 Å². The molecule has 138 valence electrons. The van der Waals surface area contributed by atoms with Crippen molar-refractivity contribution in [3.05, 3.63) is 24.3 Å². The summed E-state index contributed by atoms with van der Waals surface area (Å²) >= 11 is 0. The zero-order chi connectivity index (χ0) is 17.3. The van der Waals surface area contributed by atoms with E-state index in [4.69, 9.17) is 19.9 Å². The summed E-state index contributed by atoms with van der Waals surface area (Å²) in [7, 11) is 0. The highest BCUT2D eigenvalue weighted by Gasteiger charge is 1.97. The predicted molar refractivity (Wildman–Crippen MR) is 98.9 cm³/mol. The molecule has 4 N–H and O–H groups in total. The summed E-state index contributed by atoms with van der Waals surface area (Å²) in [6, 6.07) is 8.00. The van der Waals surface area contributed by atoms with Crippen molar-refractivity contribution in [1.29, 1.82) is 0 Å². The molecule has 6 nitrogen and oxygen atoms in total. The fourth-order valence-corrected chi connectivity index (χ4v) is 2.04. The molecule has 0 saturated heterocycles. The van der Waals surface area contributed by atoms with Crippen molar-refractivity contribution in [2.75, 3.05) is 64.5 Å². The first-order valence-corrected chi connectivity index (χ1v) is 8.89. The lowest BCUT2D eigenvalue weighted by molar-refractivity contribution is 0.0548. The minimum atomic E-state index is 0.550. The van der Waals surface area contributed by atoms with E-state index in [1.54, 1.807) is 0 Å². The first-order valence-electron chi connectivity index (χ1n) is 8.89. The highest BCUT2D eigenvalue weighted by Crippen LogP contribution is 2.16. The molecule has 0 unspecified atom stereocenters. The molecule has 0 amide bonds. The van der Waals surface area contributed by atoms with E-state index in [2.05, 4.69) is 17.6 Å². The SMILES string of the molecule is CCCCNCCOc1cccc(NCCOCCOCCN)c1. The molecule has 0 aliphatic heterocycles. The van der Waals surface area contributed by atoms with Crippen molar-refractivity contribution in [2.45, 2.75) is 19.8 Å². The summed E-state index contributed by atoms with van der Waals surface area (Å²) in [5.74, 6) is 0.883. The van der Waals surface area contributed by atoms with E-state index in [9.17, 15) is 0 Å². The largest absolute Gasteiger partial charge is 0.492 e. The van der Waals surface area contributed by atoms with Crippen LogP contribution in [0, 0.1) is 0 Å². The van der Waals surface area contributed by atoms with Crippen LogP contribution < -0.4 is 21.1 Å². The highest BCUT2D eigenvalue weighted by molar-refractivity contribution is 5.48. The number of anilines is 1. The van der Waals surface area contributed by atoms with E-state index in [1.165, 1.54) is 12.8 Å². The average Bonchev–Trinajstić information content (AvgIpc) is 2.61. The number of hydrogen-bond acceptors (Lipinski definition) is 6. The molecule has 0 fully saturated rings. The minimum absolute atomic E-state index is 0.550. The standard InChI is InChI=1S/C18H33N3O3/c1-2-3-8-20-9-13-24-18-6-4-5-17(16-18)21-10-12-23-15-14-22-11-7-19/h4-6,16,20-21H,2-3,7-15,19H2,1H3. The number of nitrogens with one attached hydrogen (secondary N) is 2. The van der Waals surface area contributed by atoms with Gasteiger partial charge in [0, 0.05) is 31.4 Å². The van der Waals surface area contributed by atoms with Crippen LogP contribution in [-0.2, 0) is 9.47 Å². The maximum absolute atomic E-state index is 5.75. The Bertz CT molecular complexity index is 405. The van der Waals surface area contributed by atoms with E-state index in [0.29, 0.717) is 39.6 Å². The topological polar surface area (TPSA) is 77.8 Å². The van der Waals surface area contributed by atoms with Crippen LogP contribution in [0.1, 0.15) is 19.8 Å². The summed E-state index contributed by atoms with van der Waals surface area (Å²) in [4.78, 5) is 0. The Hall–Kier alpha value is -1.34. The second kappa shape index (κ2) is 15.2. The molecule has 1 rings (SSSR count). The molecule has 1 aromatic rings. The normalized spacial score (nSPS) is 10.8.